The molecular weight excluding hydrogens is 641 g/mol. The molecule has 0 fully saturated rings. The third-order valence-electron chi connectivity index (χ3n) is 7.60. The van der Waals surface area contributed by atoms with Crippen molar-refractivity contribution in [3.63, 3.8) is 0 Å². The van der Waals surface area contributed by atoms with Crippen LogP contribution in [0.5, 0.6) is 11.5 Å². The van der Waals surface area contributed by atoms with Crippen molar-refractivity contribution in [2.75, 3.05) is 32.0 Å². The number of nitrogen functional groups attached to an aromatic ring is 1. The molecule has 0 saturated heterocycles. The number of aliphatic carboxylic acids is 1. The highest BCUT2D eigenvalue weighted by atomic mass is 19.4. The molecule has 0 unspecified atom stereocenters. The number of ether oxygens (including phenoxy) is 3. The standard InChI is InChI=1S/C34H32F5N3O6/c1-18-15-24(42(16-19-5-9-21(46-2)10-6-19)17-20-7-11-22(47-3)12-8-20)41-32(28(18)34(37,38)39)26-23(13-14-25(43)44)29(35)27(33(45)48-4)31(40)30(26)36/h5-12,15H,13-14,16-17,40H2,1-4H3,(H,43,44). The van der Waals surface area contributed by atoms with Crippen LogP contribution in [0.15, 0.2) is 54.6 Å². The maximum absolute atomic E-state index is 16.2. The van der Waals surface area contributed by atoms with Crippen molar-refractivity contribution in [3.8, 4) is 22.8 Å². The SMILES string of the molecule is COC(=O)c1c(N)c(F)c(-c2nc(N(Cc3ccc(OC)cc3)Cc3ccc(OC)cc3)cc(C)c2C(F)(F)F)c(CCC(=O)O)c1F. The maximum Gasteiger partial charge on any atom is 0.418 e. The number of nitrogens with two attached hydrogens (primary N) is 1. The molecule has 1 heterocycles. The fourth-order valence-corrected chi connectivity index (χ4v) is 5.25. The number of hydrogen-bond acceptors (Lipinski definition) is 8. The van der Waals surface area contributed by atoms with E-state index in [0.717, 1.165) is 25.2 Å². The average molecular weight is 674 g/mol. The molecule has 0 amide bonds. The van der Waals surface area contributed by atoms with Crippen LogP contribution in [0.2, 0.25) is 0 Å². The van der Waals surface area contributed by atoms with Crippen molar-refractivity contribution in [3.05, 3.63) is 99.6 Å². The minimum atomic E-state index is -5.12. The van der Waals surface area contributed by atoms with Crippen LogP contribution < -0.4 is 20.1 Å². The van der Waals surface area contributed by atoms with Gasteiger partial charge >= 0.3 is 18.1 Å². The minimum absolute atomic E-state index is 0.0401. The Morgan fingerprint density at radius 3 is 1.85 bits per heavy atom. The molecule has 0 aliphatic carbocycles. The number of aryl methyl sites for hydroxylation is 1. The Kier molecular flexibility index (Phi) is 10.8. The first kappa shape index (κ1) is 35.5. The monoisotopic (exact) mass is 673 g/mol. The summed E-state index contributed by atoms with van der Waals surface area (Å²) in [6, 6.07) is 15.0. The number of nitrogens with zero attached hydrogens (tertiary/aromatic N) is 2. The molecule has 0 saturated carbocycles. The number of benzene rings is 3. The quantitative estimate of drug-likeness (QED) is 0.0933. The Bertz CT molecular complexity index is 1760. The fourth-order valence-electron chi connectivity index (χ4n) is 5.25. The maximum atomic E-state index is 16.2. The van der Waals surface area contributed by atoms with E-state index < -0.39 is 76.2 Å². The van der Waals surface area contributed by atoms with Crippen molar-refractivity contribution >= 4 is 23.4 Å². The number of halogens is 5. The zero-order valence-corrected chi connectivity index (χ0v) is 26.4. The van der Waals surface area contributed by atoms with Gasteiger partial charge in [0.25, 0.3) is 0 Å². The Balaban J connectivity index is 2.02. The Morgan fingerprint density at radius 2 is 1.42 bits per heavy atom. The van der Waals surface area contributed by atoms with Crippen LogP contribution in [-0.4, -0.2) is 43.4 Å². The first-order chi connectivity index (χ1) is 22.7. The van der Waals surface area contributed by atoms with Crippen molar-refractivity contribution in [2.24, 2.45) is 0 Å². The molecule has 14 heteroatoms. The number of carbonyl (C=O) groups excluding carboxylic acids is 1. The predicted molar refractivity (Wildman–Crippen MR) is 167 cm³/mol. The van der Waals surface area contributed by atoms with E-state index in [1.807, 2.05) is 0 Å². The zero-order chi connectivity index (χ0) is 35.3. The molecule has 254 valence electrons. The normalized spacial score (nSPS) is 11.3. The molecule has 0 spiro atoms. The van der Waals surface area contributed by atoms with Gasteiger partial charge in [-0.2, -0.15) is 13.2 Å². The first-order valence-corrected chi connectivity index (χ1v) is 14.4. The van der Waals surface area contributed by atoms with Gasteiger partial charge in [-0.25, -0.2) is 18.6 Å². The number of anilines is 2. The lowest BCUT2D eigenvalue weighted by Crippen LogP contribution is -2.25. The lowest BCUT2D eigenvalue weighted by molar-refractivity contribution is -0.138. The number of aromatic nitrogens is 1. The largest absolute Gasteiger partial charge is 0.497 e. The van der Waals surface area contributed by atoms with E-state index in [9.17, 15) is 27.9 Å². The van der Waals surface area contributed by atoms with Crippen molar-refractivity contribution in [1.29, 1.82) is 0 Å². The van der Waals surface area contributed by atoms with Crippen LogP contribution in [-0.2, 0) is 35.2 Å². The van der Waals surface area contributed by atoms with Gasteiger partial charge in [0.05, 0.1) is 38.3 Å². The van der Waals surface area contributed by atoms with Crippen LogP contribution in [0.1, 0.15) is 44.6 Å². The second kappa shape index (κ2) is 14.6. The van der Waals surface area contributed by atoms with E-state index in [2.05, 4.69) is 9.72 Å². The summed E-state index contributed by atoms with van der Waals surface area (Å²) < 4.78 is 91.2. The smallest absolute Gasteiger partial charge is 0.418 e. The number of hydrogen-bond donors (Lipinski definition) is 2. The topological polar surface area (TPSA) is 124 Å². The van der Waals surface area contributed by atoms with Crippen LogP contribution in [0.3, 0.4) is 0 Å². The summed E-state index contributed by atoms with van der Waals surface area (Å²) in [5.74, 6) is -4.83. The van der Waals surface area contributed by atoms with Crippen LogP contribution in [0.4, 0.5) is 33.5 Å². The highest BCUT2D eigenvalue weighted by Crippen LogP contribution is 2.44. The van der Waals surface area contributed by atoms with Crippen LogP contribution in [0.25, 0.3) is 11.3 Å². The molecular formula is C34H32F5N3O6. The summed E-state index contributed by atoms with van der Waals surface area (Å²) in [6.45, 7) is 1.37. The number of methoxy groups -OCH3 is 3. The zero-order valence-electron chi connectivity index (χ0n) is 26.4. The molecule has 0 aliphatic rings. The van der Waals surface area contributed by atoms with Gasteiger partial charge in [-0.3, -0.25) is 4.79 Å². The van der Waals surface area contributed by atoms with Gasteiger partial charge in [0.1, 0.15) is 28.7 Å². The molecule has 9 nitrogen and oxygen atoms in total. The molecule has 3 aromatic carbocycles. The van der Waals surface area contributed by atoms with E-state index >= 15 is 8.78 Å². The Labute approximate surface area is 272 Å². The summed E-state index contributed by atoms with van der Waals surface area (Å²) in [5, 5.41) is 9.32. The first-order valence-electron chi connectivity index (χ1n) is 14.4. The molecule has 1 aromatic heterocycles. The summed E-state index contributed by atoms with van der Waals surface area (Å²) in [6.07, 6.45) is -6.72. The summed E-state index contributed by atoms with van der Waals surface area (Å²) >= 11 is 0. The summed E-state index contributed by atoms with van der Waals surface area (Å²) in [4.78, 5) is 29.7. The van der Waals surface area contributed by atoms with Gasteiger partial charge in [0.2, 0.25) is 0 Å². The van der Waals surface area contributed by atoms with E-state index in [4.69, 9.17) is 15.2 Å². The number of carboxylic acids is 1. The molecule has 0 radical (unpaired) electrons. The highest BCUT2D eigenvalue weighted by molar-refractivity contribution is 5.97. The van der Waals surface area contributed by atoms with Gasteiger partial charge in [-0.15, -0.1) is 0 Å². The van der Waals surface area contributed by atoms with Gasteiger partial charge in [0, 0.05) is 30.6 Å². The Morgan fingerprint density at radius 1 is 0.896 bits per heavy atom. The van der Waals surface area contributed by atoms with Crippen molar-refractivity contribution < 1.29 is 50.9 Å². The van der Waals surface area contributed by atoms with Gasteiger partial charge in [-0.1, -0.05) is 24.3 Å². The van der Waals surface area contributed by atoms with Crippen LogP contribution in [0, 0.1) is 18.6 Å². The number of esters is 1. The Hall–Kier alpha value is -5.40. The molecule has 48 heavy (non-hydrogen) atoms. The van der Waals surface area contributed by atoms with Crippen LogP contribution >= 0.6 is 0 Å². The molecule has 0 atom stereocenters. The van der Waals surface area contributed by atoms with Crippen molar-refractivity contribution in [2.45, 2.75) is 39.0 Å². The molecule has 4 rings (SSSR count). The second-order valence-corrected chi connectivity index (χ2v) is 10.7. The lowest BCUT2D eigenvalue weighted by Gasteiger charge is -2.27. The summed E-state index contributed by atoms with van der Waals surface area (Å²) in [5.41, 5.74) is 0.435. The fraction of sp³-hybridized carbons (Fsp3) is 0.265. The number of pyridine rings is 1. The average Bonchev–Trinajstić information content (AvgIpc) is 3.05. The lowest BCUT2D eigenvalue weighted by atomic mass is 9.91. The molecule has 4 aromatic rings. The summed E-state index contributed by atoms with van der Waals surface area (Å²) in [7, 11) is 3.87. The van der Waals surface area contributed by atoms with Gasteiger partial charge in [-0.05, 0) is 60.4 Å². The predicted octanol–water partition coefficient (Wildman–Crippen LogP) is 6.96. The van der Waals surface area contributed by atoms with E-state index in [0.29, 0.717) is 11.5 Å². The molecule has 0 bridgehead atoms. The molecule has 0 aliphatic heterocycles. The van der Waals surface area contributed by atoms with E-state index in [1.165, 1.54) is 20.3 Å². The number of carboxylic acid groups (broad SMARTS) is 1. The number of rotatable bonds is 12. The van der Waals surface area contributed by atoms with Gasteiger partial charge < -0.3 is 30.0 Å². The number of alkyl halides is 3. The van der Waals surface area contributed by atoms with E-state index in [-0.39, 0.29) is 24.5 Å². The third-order valence-corrected chi connectivity index (χ3v) is 7.60. The second-order valence-electron chi connectivity index (χ2n) is 10.7. The van der Waals surface area contributed by atoms with Crippen molar-refractivity contribution in [1.82, 2.24) is 4.98 Å². The minimum Gasteiger partial charge on any atom is -0.497 e. The van der Waals surface area contributed by atoms with E-state index in [1.54, 1.807) is 53.4 Å². The van der Waals surface area contributed by atoms with Gasteiger partial charge in [0.15, 0.2) is 5.82 Å². The molecule has 3 N–H and O–H groups in total. The third kappa shape index (κ3) is 7.59. The highest BCUT2D eigenvalue weighted by Gasteiger charge is 2.40. The number of carbonyl (C=O) groups is 2.